The minimum atomic E-state index is -4.50. The highest BCUT2D eigenvalue weighted by Gasteiger charge is 2.59. The van der Waals surface area contributed by atoms with Crippen molar-refractivity contribution in [3.8, 4) is 0 Å². The van der Waals surface area contributed by atoms with E-state index >= 15 is 0 Å². The average Bonchev–Trinajstić information content (AvgIpc) is 2.47. The number of ether oxygens (including phenoxy) is 1. The first-order valence-electron chi connectivity index (χ1n) is 3.97. The Labute approximate surface area is 78.6 Å². The lowest BCUT2D eigenvalue weighted by Crippen LogP contribution is -2.48. The van der Waals surface area contributed by atoms with Gasteiger partial charge in [-0.1, -0.05) is 0 Å². The number of carbonyl (C=O) groups excluding carboxylic acids is 1. The predicted molar refractivity (Wildman–Crippen MR) is 41.4 cm³/mol. The number of hydrogen-bond donors (Lipinski definition) is 2. The molecular formula is C7H11F3N2O2. The van der Waals surface area contributed by atoms with Crippen molar-refractivity contribution >= 4 is 5.91 Å². The summed E-state index contributed by atoms with van der Waals surface area (Å²) in [4.78, 5) is 10.7. The molecule has 4 nitrogen and oxygen atoms in total. The van der Waals surface area contributed by atoms with Crippen LogP contribution in [0.1, 0.15) is 6.42 Å². The maximum Gasteiger partial charge on any atom is 0.418 e. The van der Waals surface area contributed by atoms with E-state index in [9.17, 15) is 18.0 Å². The van der Waals surface area contributed by atoms with Gasteiger partial charge in [-0.3, -0.25) is 4.79 Å². The molecule has 7 heteroatoms. The highest BCUT2D eigenvalue weighted by molar-refractivity contribution is 5.80. The second-order valence-corrected chi connectivity index (χ2v) is 3.24. The summed E-state index contributed by atoms with van der Waals surface area (Å²) in [5.41, 5.74) is 2.61. The van der Waals surface area contributed by atoms with E-state index in [1.54, 1.807) is 0 Å². The van der Waals surface area contributed by atoms with E-state index in [-0.39, 0.29) is 0 Å². The summed E-state index contributed by atoms with van der Waals surface area (Å²) in [6, 6.07) is -0.975. The zero-order valence-corrected chi connectivity index (χ0v) is 7.52. The number of alkyl halides is 3. The van der Waals surface area contributed by atoms with Crippen LogP contribution in [0.4, 0.5) is 13.2 Å². The molecule has 1 aliphatic heterocycles. The van der Waals surface area contributed by atoms with Crippen molar-refractivity contribution in [2.45, 2.75) is 24.2 Å². The first-order valence-corrected chi connectivity index (χ1v) is 3.97. The van der Waals surface area contributed by atoms with Gasteiger partial charge >= 0.3 is 6.18 Å². The van der Waals surface area contributed by atoms with Gasteiger partial charge in [-0.2, -0.15) is 13.2 Å². The minimum absolute atomic E-state index is 0.444. The van der Waals surface area contributed by atoms with Gasteiger partial charge in [-0.25, -0.2) is 0 Å². The van der Waals surface area contributed by atoms with Crippen LogP contribution >= 0.6 is 0 Å². The fourth-order valence-electron chi connectivity index (χ4n) is 1.45. The monoisotopic (exact) mass is 212 g/mol. The number of rotatable bonds is 2. The number of methoxy groups -OCH3 is 1. The summed E-state index contributed by atoms with van der Waals surface area (Å²) in [6.45, 7) is -0.444. The molecule has 0 saturated carbocycles. The zero-order chi connectivity index (χ0) is 11.0. The molecule has 1 saturated heterocycles. The van der Waals surface area contributed by atoms with Crippen LogP contribution in [0.15, 0.2) is 0 Å². The first kappa shape index (κ1) is 11.3. The highest BCUT2D eigenvalue weighted by Crippen LogP contribution is 2.39. The molecule has 0 spiro atoms. The number of carbonyl (C=O) groups is 1. The van der Waals surface area contributed by atoms with Crippen LogP contribution in [0.25, 0.3) is 0 Å². The van der Waals surface area contributed by atoms with Gasteiger partial charge in [0, 0.05) is 20.1 Å². The number of nitrogens with two attached hydrogens (primary N) is 1. The van der Waals surface area contributed by atoms with Crippen molar-refractivity contribution < 1.29 is 22.7 Å². The predicted octanol–water partition coefficient (Wildman–Crippen LogP) is -0.219. The number of hydrogen-bond acceptors (Lipinski definition) is 3. The van der Waals surface area contributed by atoms with Crippen molar-refractivity contribution in [1.82, 2.24) is 5.32 Å². The largest absolute Gasteiger partial charge is 0.418 e. The van der Waals surface area contributed by atoms with E-state index in [1.807, 2.05) is 0 Å². The summed E-state index contributed by atoms with van der Waals surface area (Å²) in [6.07, 6.45) is -4.97. The summed E-state index contributed by atoms with van der Waals surface area (Å²) >= 11 is 0. The van der Waals surface area contributed by atoms with E-state index < -0.39 is 36.7 Å². The van der Waals surface area contributed by atoms with Crippen LogP contribution in [-0.2, 0) is 9.53 Å². The van der Waals surface area contributed by atoms with Gasteiger partial charge in [-0.05, 0) is 0 Å². The summed E-state index contributed by atoms with van der Waals surface area (Å²) in [7, 11) is 0.971. The van der Waals surface area contributed by atoms with Crippen molar-refractivity contribution in [2.75, 3.05) is 13.7 Å². The van der Waals surface area contributed by atoms with E-state index in [2.05, 4.69) is 10.1 Å². The van der Waals surface area contributed by atoms with Crippen LogP contribution in [0, 0.1) is 0 Å². The Morgan fingerprint density at radius 3 is 2.43 bits per heavy atom. The van der Waals surface area contributed by atoms with Crippen molar-refractivity contribution in [2.24, 2.45) is 5.73 Å². The zero-order valence-electron chi connectivity index (χ0n) is 7.52. The molecule has 3 N–H and O–H groups in total. The van der Waals surface area contributed by atoms with Crippen LogP contribution in [0.3, 0.4) is 0 Å². The van der Waals surface area contributed by atoms with Crippen LogP contribution < -0.4 is 11.1 Å². The molecule has 0 aromatic heterocycles. The Morgan fingerprint density at radius 1 is 1.64 bits per heavy atom. The molecule has 2 unspecified atom stereocenters. The molecular weight excluding hydrogens is 201 g/mol. The van der Waals surface area contributed by atoms with Gasteiger partial charge in [0.05, 0.1) is 6.04 Å². The maximum absolute atomic E-state index is 12.5. The minimum Gasteiger partial charge on any atom is -0.368 e. The Kier molecular flexibility index (Phi) is 2.73. The van der Waals surface area contributed by atoms with Crippen LogP contribution in [0.2, 0.25) is 0 Å². The van der Waals surface area contributed by atoms with Crippen molar-refractivity contribution in [3.63, 3.8) is 0 Å². The molecule has 2 atom stereocenters. The van der Waals surface area contributed by atoms with E-state index in [0.29, 0.717) is 0 Å². The topological polar surface area (TPSA) is 64.3 Å². The van der Waals surface area contributed by atoms with Gasteiger partial charge in [0.15, 0.2) is 5.60 Å². The fraction of sp³-hybridized carbons (Fsp3) is 0.857. The third-order valence-electron chi connectivity index (χ3n) is 2.42. The SMILES string of the molecule is COC1(C(F)(F)F)CNC(C(N)=O)C1. The Bertz CT molecular complexity index is 244. The molecule has 1 amide bonds. The van der Waals surface area contributed by atoms with Gasteiger partial charge in [0.2, 0.25) is 5.91 Å². The number of amides is 1. The molecule has 0 aliphatic carbocycles. The Balaban J connectivity index is 2.82. The van der Waals surface area contributed by atoms with E-state index in [0.717, 1.165) is 7.11 Å². The van der Waals surface area contributed by atoms with Gasteiger partial charge in [0.25, 0.3) is 0 Å². The molecule has 0 radical (unpaired) electrons. The van der Waals surface area contributed by atoms with Crippen molar-refractivity contribution in [1.29, 1.82) is 0 Å². The molecule has 0 aromatic rings. The Morgan fingerprint density at radius 2 is 2.21 bits per heavy atom. The molecule has 82 valence electrons. The summed E-state index contributed by atoms with van der Waals surface area (Å²) in [5, 5.41) is 2.38. The fourth-order valence-corrected chi connectivity index (χ4v) is 1.45. The molecule has 1 heterocycles. The van der Waals surface area contributed by atoms with Gasteiger partial charge in [0.1, 0.15) is 0 Å². The summed E-state index contributed by atoms with van der Waals surface area (Å²) < 4.78 is 42.1. The second kappa shape index (κ2) is 3.39. The molecule has 1 aliphatic rings. The summed E-state index contributed by atoms with van der Waals surface area (Å²) in [5.74, 6) is -0.798. The third kappa shape index (κ3) is 1.69. The lowest BCUT2D eigenvalue weighted by atomic mass is 9.99. The second-order valence-electron chi connectivity index (χ2n) is 3.24. The molecule has 14 heavy (non-hydrogen) atoms. The third-order valence-corrected chi connectivity index (χ3v) is 2.42. The first-order chi connectivity index (χ1) is 6.32. The van der Waals surface area contributed by atoms with Gasteiger partial charge in [-0.15, -0.1) is 0 Å². The van der Waals surface area contributed by atoms with Crippen LogP contribution in [0.5, 0.6) is 0 Å². The standard InChI is InChI=1S/C7H11F3N2O2/c1-14-6(7(8,9)10)2-4(5(11)13)12-3-6/h4,12H,2-3H2,1H3,(H2,11,13). The number of halogens is 3. The van der Waals surface area contributed by atoms with Crippen molar-refractivity contribution in [3.05, 3.63) is 0 Å². The quantitative estimate of drug-likeness (QED) is 0.665. The molecule has 1 fully saturated rings. The number of primary amides is 1. The van der Waals surface area contributed by atoms with Crippen LogP contribution in [-0.4, -0.2) is 37.4 Å². The molecule has 0 aromatic carbocycles. The molecule has 0 bridgehead atoms. The average molecular weight is 212 g/mol. The van der Waals surface area contributed by atoms with Gasteiger partial charge < -0.3 is 15.8 Å². The number of nitrogens with one attached hydrogen (secondary N) is 1. The maximum atomic E-state index is 12.5. The smallest absolute Gasteiger partial charge is 0.368 e. The normalized spacial score (nSPS) is 33.3. The van der Waals surface area contributed by atoms with E-state index in [1.165, 1.54) is 0 Å². The Hall–Kier alpha value is -0.820. The molecule has 1 rings (SSSR count). The lowest BCUT2D eigenvalue weighted by molar-refractivity contribution is -0.261. The highest BCUT2D eigenvalue weighted by atomic mass is 19.4. The van der Waals surface area contributed by atoms with E-state index in [4.69, 9.17) is 5.73 Å². The lowest BCUT2D eigenvalue weighted by Gasteiger charge is -2.29.